The molecule has 1 heterocycles. The first-order valence-electron chi connectivity index (χ1n) is 8.45. The van der Waals surface area contributed by atoms with Crippen LogP contribution in [0.3, 0.4) is 0 Å². The molecule has 138 valence electrons. The van der Waals surface area contributed by atoms with E-state index in [2.05, 4.69) is 10.6 Å². The molecule has 0 aromatic heterocycles. The lowest BCUT2D eigenvalue weighted by Crippen LogP contribution is -2.48. The molecule has 0 atom stereocenters. The van der Waals surface area contributed by atoms with Gasteiger partial charge in [-0.05, 0) is 58.2 Å². The average molecular weight is 368 g/mol. The Morgan fingerprint density at radius 2 is 1.88 bits per heavy atom. The zero-order chi connectivity index (χ0) is 18.6. The number of amides is 3. The van der Waals surface area contributed by atoms with Gasteiger partial charge in [-0.25, -0.2) is 9.59 Å². The number of nitrogens with zero attached hydrogens (tertiary/aromatic N) is 1. The maximum atomic E-state index is 12.3. The van der Waals surface area contributed by atoms with Crippen LogP contribution in [-0.4, -0.2) is 41.8 Å². The van der Waals surface area contributed by atoms with Gasteiger partial charge in [-0.1, -0.05) is 17.7 Å². The lowest BCUT2D eigenvalue weighted by atomic mass is 10.1. The smallest absolute Gasteiger partial charge is 0.407 e. The van der Waals surface area contributed by atoms with Crippen molar-refractivity contribution in [2.24, 2.45) is 0 Å². The Morgan fingerprint density at radius 3 is 2.44 bits per heavy atom. The molecule has 1 aliphatic heterocycles. The third kappa shape index (κ3) is 6.12. The molecule has 0 unspecified atom stereocenters. The van der Waals surface area contributed by atoms with Crippen LogP contribution in [0, 0.1) is 6.92 Å². The number of alkyl carbamates (subject to hydrolysis) is 1. The van der Waals surface area contributed by atoms with Crippen LogP contribution in [0.15, 0.2) is 18.2 Å². The van der Waals surface area contributed by atoms with E-state index < -0.39 is 11.7 Å². The zero-order valence-corrected chi connectivity index (χ0v) is 15.9. The lowest BCUT2D eigenvalue weighted by molar-refractivity contribution is 0.0486. The highest BCUT2D eigenvalue weighted by molar-refractivity contribution is 6.31. The molecule has 0 saturated carbocycles. The number of halogens is 1. The number of ether oxygens (including phenoxy) is 1. The summed E-state index contributed by atoms with van der Waals surface area (Å²) in [6, 6.07) is 5.31. The second kappa shape index (κ2) is 7.95. The van der Waals surface area contributed by atoms with Crippen molar-refractivity contribution < 1.29 is 14.3 Å². The number of piperidine rings is 1. The van der Waals surface area contributed by atoms with Gasteiger partial charge in [0.25, 0.3) is 0 Å². The molecule has 25 heavy (non-hydrogen) atoms. The summed E-state index contributed by atoms with van der Waals surface area (Å²) in [5.74, 6) is 0. The van der Waals surface area contributed by atoms with Gasteiger partial charge in [-0.2, -0.15) is 0 Å². The van der Waals surface area contributed by atoms with Gasteiger partial charge in [0.05, 0.1) is 0 Å². The van der Waals surface area contributed by atoms with Crippen LogP contribution in [-0.2, 0) is 4.74 Å². The summed E-state index contributed by atoms with van der Waals surface area (Å²) in [6.07, 6.45) is 0.979. The van der Waals surface area contributed by atoms with E-state index in [9.17, 15) is 9.59 Å². The topological polar surface area (TPSA) is 70.7 Å². The molecule has 1 aromatic carbocycles. The summed E-state index contributed by atoms with van der Waals surface area (Å²) in [7, 11) is 0. The summed E-state index contributed by atoms with van der Waals surface area (Å²) < 4.78 is 5.26. The summed E-state index contributed by atoms with van der Waals surface area (Å²) in [5, 5.41) is 6.34. The van der Waals surface area contributed by atoms with E-state index in [1.165, 1.54) is 0 Å². The van der Waals surface area contributed by atoms with Gasteiger partial charge in [0, 0.05) is 29.8 Å². The van der Waals surface area contributed by atoms with E-state index in [-0.39, 0.29) is 12.1 Å². The fraction of sp³-hybridized carbons (Fsp3) is 0.556. The highest BCUT2D eigenvalue weighted by atomic mass is 35.5. The van der Waals surface area contributed by atoms with Gasteiger partial charge >= 0.3 is 12.1 Å². The van der Waals surface area contributed by atoms with Crippen LogP contribution in [0.1, 0.15) is 39.2 Å². The number of carbonyl (C=O) groups excluding carboxylic acids is 2. The van der Waals surface area contributed by atoms with E-state index in [4.69, 9.17) is 16.3 Å². The van der Waals surface area contributed by atoms with Gasteiger partial charge in [-0.3, -0.25) is 0 Å². The highest BCUT2D eigenvalue weighted by Crippen LogP contribution is 2.21. The van der Waals surface area contributed by atoms with Crippen LogP contribution in [0.25, 0.3) is 0 Å². The number of nitrogens with one attached hydrogen (secondary N) is 2. The predicted octanol–water partition coefficient (Wildman–Crippen LogP) is 4.17. The second-order valence-corrected chi connectivity index (χ2v) is 7.71. The minimum absolute atomic E-state index is 0.0210. The van der Waals surface area contributed by atoms with Crippen LogP contribution in [0.4, 0.5) is 15.3 Å². The normalized spacial score (nSPS) is 15.6. The van der Waals surface area contributed by atoms with Gasteiger partial charge in [0.2, 0.25) is 0 Å². The molecule has 2 N–H and O–H groups in total. The molecule has 0 spiro atoms. The Kier molecular flexibility index (Phi) is 6.16. The van der Waals surface area contributed by atoms with Crippen molar-refractivity contribution in [1.29, 1.82) is 0 Å². The van der Waals surface area contributed by atoms with E-state index in [1.807, 2.05) is 39.8 Å². The number of anilines is 1. The van der Waals surface area contributed by atoms with Gasteiger partial charge in [0.1, 0.15) is 5.60 Å². The van der Waals surface area contributed by atoms with Crippen molar-refractivity contribution in [3.05, 3.63) is 28.8 Å². The van der Waals surface area contributed by atoms with Gasteiger partial charge in [-0.15, -0.1) is 0 Å². The molecule has 2 rings (SSSR count). The fourth-order valence-electron chi connectivity index (χ4n) is 2.57. The summed E-state index contributed by atoms with van der Waals surface area (Å²) >= 11 is 6.08. The van der Waals surface area contributed by atoms with E-state index in [0.717, 1.165) is 5.56 Å². The van der Waals surface area contributed by atoms with E-state index >= 15 is 0 Å². The molecule has 0 aliphatic carbocycles. The minimum Gasteiger partial charge on any atom is -0.444 e. The molecular formula is C18H26ClN3O3. The number of hydrogen-bond acceptors (Lipinski definition) is 3. The molecule has 7 heteroatoms. The Balaban J connectivity index is 1.80. The van der Waals surface area contributed by atoms with Crippen LogP contribution in [0.5, 0.6) is 0 Å². The van der Waals surface area contributed by atoms with Crippen molar-refractivity contribution in [3.63, 3.8) is 0 Å². The first kappa shape index (κ1) is 19.4. The number of likely N-dealkylation sites (tertiary alicyclic amines) is 1. The zero-order valence-electron chi connectivity index (χ0n) is 15.2. The van der Waals surface area contributed by atoms with Crippen molar-refractivity contribution >= 4 is 29.4 Å². The SMILES string of the molecule is Cc1ccc(NC(=O)N2CCC(NC(=O)OC(C)(C)C)CC2)cc1Cl. The quantitative estimate of drug-likeness (QED) is 0.824. The third-order valence-electron chi connectivity index (χ3n) is 3.93. The molecule has 0 bridgehead atoms. The standard InChI is InChI=1S/C18H26ClN3O3/c1-12-5-6-14(11-15(12)19)20-16(23)22-9-7-13(8-10-22)21-17(24)25-18(2,3)4/h5-6,11,13H,7-10H2,1-4H3,(H,20,23)(H,21,24). The molecule has 1 aliphatic rings. The minimum atomic E-state index is -0.514. The summed E-state index contributed by atoms with van der Waals surface area (Å²) in [4.78, 5) is 25.9. The van der Waals surface area contributed by atoms with Crippen LogP contribution >= 0.6 is 11.6 Å². The Morgan fingerprint density at radius 1 is 1.24 bits per heavy atom. The number of aryl methyl sites for hydroxylation is 1. The average Bonchev–Trinajstić information content (AvgIpc) is 2.49. The van der Waals surface area contributed by atoms with Crippen molar-refractivity contribution in [3.8, 4) is 0 Å². The first-order valence-corrected chi connectivity index (χ1v) is 8.83. The molecular weight excluding hydrogens is 342 g/mol. The molecule has 1 saturated heterocycles. The molecule has 1 aromatic rings. The van der Waals surface area contributed by atoms with Crippen molar-refractivity contribution in [2.45, 2.75) is 52.2 Å². The van der Waals surface area contributed by atoms with E-state index in [0.29, 0.717) is 36.6 Å². The van der Waals surface area contributed by atoms with Gasteiger partial charge in [0.15, 0.2) is 0 Å². The van der Waals surface area contributed by atoms with E-state index in [1.54, 1.807) is 11.0 Å². The number of rotatable bonds is 2. The number of carbonyl (C=O) groups is 2. The lowest BCUT2D eigenvalue weighted by Gasteiger charge is -2.32. The maximum absolute atomic E-state index is 12.3. The molecule has 6 nitrogen and oxygen atoms in total. The molecule has 0 radical (unpaired) electrons. The number of benzene rings is 1. The maximum Gasteiger partial charge on any atom is 0.407 e. The first-order chi connectivity index (χ1) is 11.6. The van der Waals surface area contributed by atoms with Crippen LogP contribution in [0.2, 0.25) is 5.02 Å². The molecule has 3 amide bonds. The monoisotopic (exact) mass is 367 g/mol. The fourth-order valence-corrected chi connectivity index (χ4v) is 2.75. The second-order valence-electron chi connectivity index (χ2n) is 7.30. The Hall–Kier alpha value is -1.95. The third-order valence-corrected chi connectivity index (χ3v) is 4.33. The number of hydrogen-bond donors (Lipinski definition) is 2. The largest absolute Gasteiger partial charge is 0.444 e. The van der Waals surface area contributed by atoms with Crippen molar-refractivity contribution in [1.82, 2.24) is 10.2 Å². The summed E-state index contributed by atoms with van der Waals surface area (Å²) in [6.45, 7) is 8.55. The molecule has 1 fully saturated rings. The van der Waals surface area contributed by atoms with Gasteiger partial charge < -0.3 is 20.3 Å². The predicted molar refractivity (Wildman–Crippen MR) is 99.2 cm³/mol. The number of urea groups is 1. The van der Waals surface area contributed by atoms with Crippen LogP contribution < -0.4 is 10.6 Å². The summed E-state index contributed by atoms with van der Waals surface area (Å²) in [5.41, 5.74) is 1.13. The Bertz CT molecular complexity index is 635. The highest BCUT2D eigenvalue weighted by Gasteiger charge is 2.25. The van der Waals surface area contributed by atoms with Crippen molar-refractivity contribution in [2.75, 3.05) is 18.4 Å². The Labute approximate surface area is 153 Å².